The fourth-order valence-electron chi connectivity index (χ4n) is 1.91. The van der Waals surface area contributed by atoms with Crippen LogP contribution in [-0.4, -0.2) is 24.0 Å². The largest absolute Gasteiger partial charge is 0.469 e. The van der Waals surface area contributed by atoms with Crippen molar-refractivity contribution in [3.8, 4) is 0 Å². The average molecular weight is 460 g/mol. The van der Waals surface area contributed by atoms with Gasteiger partial charge in [-0.25, -0.2) is 9.98 Å². The molecule has 0 bridgehead atoms. The second-order valence-corrected chi connectivity index (χ2v) is 6.35. The van der Waals surface area contributed by atoms with E-state index in [1.165, 1.54) is 0 Å². The highest BCUT2D eigenvalue weighted by Crippen LogP contribution is 2.18. The highest BCUT2D eigenvalue weighted by molar-refractivity contribution is 14.0. The van der Waals surface area contributed by atoms with Gasteiger partial charge in [-0.3, -0.25) is 0 Å². The van der Waals surface area contributed by atoms with Crippen LogP contribution in [0, 0.1) is 0 Å². The van der Waals surface area contributed by atoms with Gasteiger partial charge >= 0.3 is 0 Å². The van der Waals surface area contributed by atoms with Crippen molar-refractivity contribution in [3.63, 3.8) is 0 Å². The molecule has 0 radical (unpaired) electrons. The Bertz CT molecular complexity index is 622. The molecule has 132 valence electrons. The third-order valence-electron chi connectivity index (χ3n) is 3.19. The summed E-state index contributed by atoms with van der Waals surface area (Å²) in [6.45, 7) is 10.0. The van der Waals surface area contributed by atoms with Crippen molar-refractivity contribution in [2.45, 2.75) is 32.7 Å². The molecule has 0 unspecified atom stereocenters. The molecular formula is C17H25IN4OS. The minimum absolute atomic E-state index is 0. The van der Waals surface area contributed by atoms with Crippen molar-refractivity contribution in [1.82, 2.24) is 15.6 Å². The van der Waals surface area contributed by atoms with Gasteiger partial charge in [0.15, 0.2) is 5.96 Å². The molecule has 24 heavy (non-hydrogen) atoms. The molecule has 0 amide bonds. The van der Waals surface area contributed by atoms with Gasteiger partial charge < -0.3 is 15.1 Å². The molecule has 0 saturated carbocycles. The Morgan fingerprint density at radius 2 is 2.29 bits per heavy atom. The molecule has 5 nitrogen and oxygen atoms in total. The van der Waals surface area contributed by atoms with Crippen molar-refractivity contribution in [2.24, 2.45) is 4.99 Å². The summed E-state index contributed by atoms with van der Waals surface area (Å²) in [7, 11) is 0. The van der Waals surface area contributed by atoms with Crippen LogP contribution in [-0.2, 0) is 13.0 Å². The number of aliphatic imine (C=N–C) groups is 1. The molecule has 0 saturated heterocycles. The number of aromatic nitrogens is 1. The number of nitrogens with one attached hydrogen (secondary N) is 2. The first-order valence-corrected chi connectivity index (χ1v) is 8.66. The van der Waals surface area contributed by atoms with Crippen LogP contribution in [0.15, 0.2) is 45.8 Å². The lowest BCUT2D eigenvalue weighted by atomic mass is 10.2. The van der Waals surface area contributed by atoms with Crippen molar-refractivity contribution in [3.05, 3.63) is 52.9 Å². The zero-order valence-electron chi connectivity index (χ0n) is 14.1. The lowest BCUT2D eigenvalue weighted by Crippen LogP contribution is -2.38. The Labute approximate surface area is 164 Å². The van der Waals surface area contributed by atoms with E-state index in [4.69, 9.17) is 4.42 Å². The summed E-state index contributed by atoms with van der Waals surface area (Å²) in [5, 5.41) is 9.65. The molecule has 2 N–H and O–H groups in total. The lowest BCUT2D eigenvalue weighted by molar-refractivity contribution is 0.507. The summed E-state index contributed by atoms with van der Waals surface area (Å²) >= 11 is 1.66. The summed E-state index contributed by atoms with van der Waals surface area (Å²) in [6.07, 6.45) is 4.32. The van der Waals surface area contributed by atoms with Crippen molar-refractivity contribution in [2.75, 3.05) is 13.1 Å². The smallest absolute Gasteiger partial charge is 0.191 e. The van der Waals surface area contributed by atoms with E-state index in [0.717, 1.165) is 35.4 Å². The van der Waals surface area contributed by atoms with Crippen LogP contribution in [0.1, 0.15) is 36.2 Å². The van der Waals surface area contributed by atoms with E-state index in [1.807, 2.05) is 18.2 Å². The van der Waals surface area contributed by atoms with E-state index in [0.29, 0.717) is 19.0 Å². The third kappa shape index (κ3) is 7.04. The minimum Gasteiger partial charge on any atom is -0.469 e. The first-order valence-electron chi connectivity index (χ1n) is 7.78. The number of thiazole rings is 1. The molecule has 2 heterocycles. The van der Waals surface area contributed by atoms with E-state index in [9.17, 15) is 0 Å². The molecule has 0 atom stereocenters. The maximum absolute atomic E-state index is 5.33. The van der Waals surface area contributed by atoms with Gasteiger partial charge in [-0.15, -0.1) is 41.9 Å². The summed E-state index contributed by atoms with van der Waals surface area (Å²) in [6, 6.07) is 3.87. The zero-order chi connectivity index (χ0) is 16.5. The predicted octanol–water partition coefficient (Wildman–Crippen LogP) is 3.94. The van der Waals surface area contributed by atoms with Crippen molar-refractivity contribution in [1.29, 1.82) is 0 Å². The van der Waals surface area contributed by atoms with Gasteiger partial charge in [0.2, 0.25) is 0 Å². The minimum atomic E-state index is 0. The maximum Gasteiger partial charge on any atom is 0.191 e. The van der Waals surface area contributed by atoms with Gasteiger partial charge in [-0.1, -0.05) is 19.9 Å². The van der Waals surface area contributed by atoms with E-state index in [-0.39, 0.29) is 24.0 Å². The van der Waals surface area contributed by atoms with Crippen molar-refractivity contribution >= 4 is 41.3 Å². The molecular weight excluding hydrogens is 435 g/mol. The number of rotatable bonds is 8. The fraction of sp³-hybridized carbons (Fsp3) is 0.412. The predicted molar refractivity (Wildman–Crippen MR) is 111 cm³/mol. The number of furan rings is 1. The van der Waals surface area contributed by atoms with Gasteiger partial charge in [0, 0.05) is 24.9 Å². The van der Waals surface area contributed by atoms with E-state index < -0.39 is 0 Å². The molecule has 0 aliphatic heterocycles. The first kappa shape index (κ1) is 20.7. The molecule has 2 aromatic rings. The Morgan fingerprint density at radius 1 is 1.46 bits per heavy atom. The standard InChI is InChI=1S/C17H24N4OS.HI/c1-4-8-18-17(19-9-7-14-6-5-10-22-14)20-11-16-21-15(12-23-16)13(2)3;/h4-6,10,12-13H,1,7-9,11H2,2-3H3,(H2,18,19,20);1H. The second kappa shape index (κ2) is 11.2. The van der Waals surface area contributed by atoms with Crippen LogP contribution in [0.2, 0.25) is 0 Å². The van der Waals surface area contributed by atoms with Crippen LogP contribution >= 0.6 is 35.3 Å². The van der Waals surface area contributed by atoms with E-state index >= 15 is 0 Å². The fourth-order valence-corrected chi connectivity index (χ4v) is 2.79. The molecule has 0 aliphatic carbocycles. The molecule has 0 aliphatic rings. The molecule has 0 aromatic carbocycles. The van der Waals surface area contributed by atoms with Crippen LogP contribution < -0.4 is 10.6 Å². The van der Waals surface area contributed by atoms with Crippen LogP contribution in [0.4, 0.5) is 0 Å². The number of halogens is 1. The summed E-state index contributed by atoms with van der Waals surface area (Å²) in [5.41, 5.74) is 1.13. The topological polar surface area (TPSA) is 62.5 Å². The molecule has 0 fully saturated rings. The zero-order valence-corrected chi connectivity index (χ0v) is 17.3. The van der Waals surface area contributed by atoms with E-state index in [2.05, 4.69) is 46.4 Å². The van der Waals surface area contributed by atoms with Gasteiger partial charge in [0.25, 0.3) is 0 Å². The average Bonchev–Trinajstić information content (AvgIpc) is 3.20. The third-order valence-corrected chi connectivity index (χ3v) is 4.04. The Hall–Kier alpha value is -1.35. The number of nitrogens with zero attached hydrogens (tertiary/aromatic N) is 2. The highest BCUT2D eigenvalue weighted by atomic mass is 127. The molecule has 2 aromatic heterocycles. The maximum atomic E-state index is 5.33. The molecule has 0 spiro atoms. The van der Waals surface area contributed by atoms with Gasteiger partial charge in [-0.2, -0.15) is 0 Å². The molecule has 7 heteroatoms. The summed E-state index contributed by atoms with van der Waals surface area (Å²) in [4.78, 5) is 9.19. The summed E-state index contributed by atoms with van der Waals surface area (Å²) in [5.74, 6) is 2.17. The lowest BCUT2D eigenvalue weighted by Gasteiger charge is -2.10. The summed E-state index contributed by atoms with van der Waals surface area (Å²) < 4.78 is 5.33. The van der Waals surface area contributed by atoms with Gasteiger partial charge in [0.05, 0.1) is 18.5 Å². The first-order chi connectivity index (χ1) is 11.2. The quantitative estimate of drug-likeness (QED) is 0.271. The van der Waals surface area contributed by atoms with Crippen LogP contribution in [0.3, 0.4) is 0 Å². The van der Waals surface area contributed by atoms with Gasteiger partial charge in [-0.05, 0) is 18.1 Å². The van der Waals surface area contributed by atoms with E-state index in [1.54, 1.807) is 17.6 Å². The SMILES string of the molecule is C=CCNC(=NCc1nc(C(C)C)cs1)NCCc1ccco1.I. The normalized spacial score (nSPS) is 11.2. The Balaban J connectivity index is 0.00000288. The van der Waals surface area contributed by atoms with Gasteiger partial charge in [0.1, 0.15) is 10.8 Å². The van der Waals surface area contributed by atoms with Crippen LogP contribution in [0.5, 0.6) is 0 Å². The number of hydrogen-bond donors (Lipinski definition) is 2. The highest BCUT2D eigenvalue weighted by Gasteiger charge is 2.06. The number of guanidine groups is 1. The number of hydrogen-bond acceptors (Lipinski definition) is 4. The Kier molecular flexibility index (Phi) is 9.70. The molecule has 2 rings (SSSR count). The Morgan fingerprint density at radius 3 is 2.92 bits per heavy atom. The van der Waals surface area contributed by atoms with Crippen LogP contribution in [0.25, 0.3) is 0 Å². The monoisotopic (exact) mass is 460 g/mol. The second-order valence-electron chi connectivity index (χ2n) is 5.41. The van der Waals surface area contributed by atoms with Crippen molar-refractivity contribution < 1.29 is 4.42 Å².